The number of nitroso groups, excluding NO2 is 1. The van der Waals surface area contributed by atoms with Crippen molar-refractivity contribution in [3.63, 3.8) is 0 Å². The van der Waals surface area contributed by atoms with Crippen LogP contribution in [0.2, 0.25) is 0 Å². The first-order chi connectivity index (χ1) is 6.95. The van der Waals surface area contributed by atoms with Crippen LogP contribution < -0.4 is 5.32 Å². The molecule has 0 aliphatic heterocycles. The van der Waals surface area contributed by atoms with Gasteiger partial charge in [-0.05, 0) is 29.6 Å². The van der Waals surface area contributed by atoms with E-state index in [-0.39, 0.29) is 11.5 Å². The van der Waals surface area contributed by atoms with Gasteiger partial charge in [0.05, 0.1) is 5.69 Å². The Hall–Kier alpha value is -1.38. The lowest BCUT2D eigenvalue weighted by Gasteiger charge is -2.29. The Labute approximate surface area is 90.9 Å². The summed E-state index contributed by atoms with van der Waals surface area (Å²) in [6.07, 6.45) is 0. The van der Waals surface area contributed by atoms with Gasteiger partial charge < -0.3 is 5.32 Å². The molecule has 0 amide bonds. The van der Waals surface area contributed by atoms with Gasteiger partial charge in [-0.1, -0.05) is 32.9 Å². The van der Waals surface area contributed by atoms with Crippen molar-refractivity contribution in [2.24, 2.45) is 10.6 Å². The maximum atomic E-state index is 10.6. The molecule has 1 atom stereocenters. The predicted molar refractivity (Wildman–Crippen MR) is 64.4 cm³/mol. The van der Waals surface area contributed by atoms with Gasteiger partial charge in [-0.15, -0.1) is 4.91 Å². The van der Waals surface area contributed by atoms with Gasteiger partial charge in [-0.2, -0.15) is 0 Å². The summed E-state index contributed by atoms with van der Waals surface area (Å²) in [5.74, 6) is 0. The van der Waals surface area contributed by atoms with Crippen LogP contribution in [0.4, 0.5) is 11.4 Å². The second kappa shape index (κ2) is 4.43. The van der Waals surface area contributed by atoms with Crippen LogP contribution in [-0.2, 0) is 0 Å². The minimum absolute atomic E-state index is 0.149. The molecule has 0 unspecified atom stereocenters. The number of nitrogens with zero attached hydrogens (tertiary/aromatic N) is 1. The topological polar surface area (TPSA) is 41.5 Å². The van der Waals surface area contributed by atoms with Crippen LogP contribution in [0, 0.1) is 10.3 Å². The molecule has 1 rings (SSSR count). The largest absolute Gasteiger partial charge is 0.380 e. The summed E-state index contributed by atoms with van der Waals surface area (Å²) >= 11 is 0. The number of benzene rings is 1. The molecule has 1 aromatic rings. The monoisotopic (exact) mass is 206 g/mol. The summed E-state index contributed by atoms with van der Waals surface area (Å²) in [4.78, 5) is 10.6. The normalized spacial score (nSPS) is 13.3. The van der Waals surface area contributed by atoms with Crippen LogP contribution in [0.3, 0.4) is 0 Å². The van der Waals surface area contributed by atoms with Gasteiger partial charge >= 0.3 is 0 Å². The Kier molecular flexibility index (Phi) is 3.45. The van der Waals surface area contributed by atoms with E-state index in [1.165, 1.54) is 0 Å². The van der Waals surface area contributed by atoms with Crippen molar-refractivity contribution in [3.05, 3.63) is 29.2 Å². The van der Waals surface area contributed by atoms with Gasteiger partial charge in [-0.25, -0.2) is 0 Å². The molecule has 82 valence electrons. The first kappa shape index (κ1) is 11.7. The number of rotatable bonds is 3. The van der Waals surface area contributed by atoms with E-state index in [4.69, 9.17) is 0 Å². The third-order valence-electron chi connectivity index (χ3n) is 2.67. The Morgan fingerprint density at radius 2 is 1.87 bits per heavy atom. The Morgan fingerprint density at radius 1 is 1.27 bits per heavy atom. The van der Waals surface area contributed by atoms with E-state index in [2.05, 4.69) is 38.2 Å². The third kappa shape index (κ3) is 3.05. The van der Waals surface area contributed by atoms with E-state index in [0.29, 0.717) is 5.69 Å². The van der Waals surface area contributed by atoms with Crippen LogP contribution in [0.5, 0.6) is 0 Å². The molecule has 3 nitrogen and oxygen atoms in total. The number of hydrogen-bond donors (Lipinski definition) is 1. The molecule has 0 aliphatic rings. The summed E-state index contributed by atoms with van der Waals surface area (Å²) in [5, 5.41) is 6.30. The average Bonchev–Trinajstić information content (AvgIpc) is 2.17. The smallest absolute Gasteiger partial charge is 0.131 e. The highest BCUT2D eigenvalue weighted by molar-refractivity contribution is 5.65. The quantitative estimate of drug-likeness (QED) is 0.761. The van der Waals surface area contributed by atoms with Gasteiger partial charge in [0.2, 0.25) is 0 Å². The predicted octanol–water partition coefficient (Wildman–Crippen LogP) is 3.93. The Bertz CT molecular complexity index is 342. The number of nitrogens with one attached hydrogen (secondary N) is 1. The summed E-state index contributed by atoms with van der Waals surface area (Å²) in [5.41, 5.74) is 1.42. The molecule has 0 spiro atoms. The minimum atomic E-state index is 0.149. The molecule has 1 N–H and O–H groups in total. The van der Waals surface area contributed by atoms with Crippen LogP contribution in [0.15, 0.2) is 29.4 Å². The van der Waals surface area contributed by atoms with E-state index >= 15 is 0 Å². The molecule has 3 heteroatoms. The maximum absolute atomic E-state index is 10.6. The van der Waals surface area contributed by atoms with Crippen molar-refractivity contribution in [2.45, 2.75) is 33.7 Å². The van der Waals surface area contributed by atoms with E-state index in [1.54, 1.807) is 6.07 Å². The van der Waals surface area contributed by atoms with E-state index < -0.39 is 0 Å². The minimum Gasteiger partial charge on any atom is -0.380 e. The van der Waals surface area contributed by atoms with Gasteiger partial charge in [0.25, 0.3) is 0 Å². The summed E-state index contributed by atoms with van der Waals surface area (Å²) in [6, 6.07) is 7.57. The third-order valence-corrected chi connectivity index (χ3v) is 2.67. The molecular weight excluding hydrogens is 188 g/mol. The fourth-order valence-electron chi connectivity index (χ4n) is 1.13. The molecule has 15 heavy (non-hydrogen) atoms. The molecule has 0 saturated heterocycles. The summed E-state index contributed by atoms with van der Waals surface area (Å²) in [7, 11) is 0. The van der Waals surface area contributed by atoms with E-state index in [0.717, 1.165) is 5.69 Å². The van der Waals surface area contributed by atoms with Crippen LogP contribution >= 0.6 is 0 Å². The van der Waals surface area contributed by atoms with Crippen LogP contribution in [0.25, 0.3) is 0 Å². The molecule has 0 heterocycles. The Morgan fingerprint density at radius 3 is 2.40 bits per heavy atom. The molecule has 0 aromatic heterocycles. The zero-order valence-corrected chi connectivity index (χ0v) is 9.74. The van der Waals surface area contributed by atoms with Gasteiger partial charge in [0.1, 0.15) is 5.69 Å². The lowest BCUT2D eigenvalue weighted by atomic mass is 9.88. The molecule has 0 radical (unpaired) electrons. The lowest BCUT2D eigenvalue weighted by molar-refractivity contribution is 0.359. The second-order valence-corrected chi connectivity index (χ2v) is 4.84. The molecule has 0 aliphatic carbocycles. The fourth-order valence-corrected chi connectivity index (χ4v) is 1.13. The standard InChI is InChI=1S/C12H18N2O/c1-9(12(2,3)4)13-10-7-5-6-8-11(10)14-15/h5-9,13H,1-4H3/t9-/m1/s1. The average molecular weight is 206 g/mol. The maximum Gasteiger partial charge on any atom is 0.131 e. The van der Waals surface area contributed by atoms with Crippen LogP contribution in [-0.4, -0.2) is 6.04 Å². The summed E-state index contributed by atoms with van der Waals surface area (Å²) < 4.78 is 0. The number of anilines is 1. The highest BCUT2D eigenvalue weighted by atomic mass is 16.3. The van der Waals surface area contributed by atoms with Crippen molar-refractivity contribution in [3.8, 4) is 0 Å². The van der Waals surface area contributed by atoms with E-state index in [1.807, 2.05) is 18.2 Å². The SMILES string of the molecule is C[C@@H](Nc1ccccc1N=O)C(C)(C)C. The van der Waals surface area contributed by atoms with Crippen LogP contribution in [0.1, 0.15) is 27.7 Å². The first-order valence-electron chi connectivity index (χ1n) is 5.14. The van der Waals surface area contributed by atoms with Crippen molar-refractivity contribution in [1.82, 2.24) is 0 Å². The fraction of sp³-hybridized carbons (Fsp3) is 0.500. The molecule has 0 bridgehead atoms. The second-order valence-electron chi connectivity index (χ2n) is 4.84. The molecule has 1 aromatic carbocycles. The highest BCUT2D eigenvalue weighted by Crippen LogP contribution is 2.28. The molecule has 0 saturated carbocycles. The van der Waals surface area contributed by atoms with Gasteiger partial charge in [0.15, 0.2) is 0 Å². The zero-order valence-electron chi connectivity index (χ0n) is 9.74. The molecule has 0 fully saturated rings. The van der Waals surface area contributed by atoms with Gasteiger partial charge in [-0.3, -0.25) is 0 Å². The zero-order chi connectivity index (χ0) is 11.5. The number of para-hydroxylation sites is 1. The highest BCUT2D eigenvalue weighted by Gasteiger charge is 2.20. The van der Waals surface area contributed by atoms with Gasteiger partial charge in [0, 0.05) is 6.04 Å². The van der Waals surface area contributed by atoms with Crippen molar-refractivity contribution < 1.29 is 0 Å². The van der Waals surface area contributed by atoms with Crippen molar-refractivity contribution in [2.75, 3.05) is 5.32 Å². The molecular formula is C12H18N2O. The van der Waals surface area contributed by atoms with E-state index in [9.17, 15) is 4.91 Å². The van der Waals surface area contributed by atoms with Crippen molar-refractivity contribution >= 4 is 11.4 Å². The Balaban J connectivity index is 2.85. The lowest BCUT2D eigenvalue weighted by Crippen LogP contribution is -2.30. The first-order valence-corrected chi connectivity index (χ1v) is 5.14. The number of hydrogen-bond acceptors (Lipinski definition) is 3. The van der Waals surface area contributed by atoms with Crippen molar-refractivity contribution in [1.29, 1.82) is 0 Å². The summed E-state index contributed by atoms with van der Waals surface area (Å²) in [6.45, 7) is 8.56.